The van der Waals surface area contributed by atoms with E-state index in [0.717, 1.165) is 46.2 Å². The number of fused-ring (bicyclic) bond motifs is 1. The van der Waals surface area contributed by atoms with Gasteiger partial charge in [0.25, 0.3) is 0 Å². The van der Waals surface area contributed by atoms with Crippen molar-refractivity contribution in [2.45, 2.75) is 38.6 Å². The van der Waals surface area contributed by atoms with Crippen molar-refractivity contribution in [1.29, 1.82) is 0 Å². The van der Waals surface area contributed by atoms with Crippen LogP contribution in [-0.4, -0.2) is 23.1 Å². The number of rotatable bonds is 4. The summed E-state index contributed by atoms with van der Waals surface area (Å²) in [5.74, 6) is 2.27. The topological polar surface area (TPSA) is 49.8 Å². The Labute approximate surface area is 165 Å². The Kier molecular flexibility index (Phi) is 5.28. The molecular weight excluding hydrogens is 356 g/mol. The van der Waals surface area contributed by atoms with Crippen molar-refractivity contribution in [3.8, 4) is 0 Å². The van der Waals surface area contributed by atoms with Gasteiger partial charge in [-0.3, -0.25) is 0 Å². The zero-order valence-corrected chi connectivity index (χ0v) is 16.6. The maximum atomic E-state index is 6.16. The molecule has 2 N–H and O–H groups in total. The molecule has 0 radical (unpaired) electrons. The van der Waals surface area contributed by atoms with Crippen molar-refractivity contribution in [2.24, 2.45) is 0 Å². The summed E-state index contributed by atoms with van der Waals surface area (Å²) in [7, 11) is 0. The molecule has 0 aliphatic carbocycles. The number of aryl methyl sites for hydroxylation is 1. The van der Waals surface area contributed by atoms with E-state index in [4.69, 9.17) is 16.6 Å². The number of hydrogen-bond donors (Lipinski definition) is 2. The first kappa shape index (κ1) is 18.2. The fraction of sp³-hybridized carbons (Fsp3) is 0.364. The summed E-state index contributed by atoms with van der Waals surface area (Å²) in [5, 5.41) is 8.86. The maximum Gasteiger partial charge on any atom is 0.138 e. The highest BCUT2D eigenvalue weighted by atomic mass is 35.5. The molecule has 5 heteroatoms. The van der Waals surface area contributed by atoms with Gasteiger partial charge in [-0.05, 0) is 81.1 Å². The van der Waals surface area contributed by atoms with Crippen LogP contribution < -0.4 is 10.6 Å². The molecule has 0 unspecified atom stereocenters. The summed E-state index contributed by atoms with van der Waals surface area (Å²) in [6.07, 6.45) is 2.36. The molecule has 140 valence electrons. The average Bonchev–Trinajstić information content (AvgIpc) is 2.68. The minimum atomic E-state index is 0.101. The van der Waals surface area contributed by atoms with E-state index in [1.807, 2.05) is 25.1 Å². The van der Waals surface area contributed by atoms with Crippen LogP contribution in [0.2, 0.25) is 5.02 Å². The van der Waals surface area contributed by atoms with Gasteiger partial charge in [0.1, 0.15) is 11.6 Å². The molecule has 1 aromatic heterocycles. The molecular formula is C22H25ClN4. The molecule has 1 fully saturated rings. The first-order valence-corrected chi connectivity index (χ1v) is 9.99. The van der Waals surface area contributed by atoms with Crippen molar-refractivity contribution < 1.29 is 0 Å². The Balaban J connectivity index is 1.69. The Bertz CT molecular complexity index is 950. The summed E-state index contributed by atoms with van der Waals surface area (Å²) in [6.45, 7) is 6.25. The quantitative estimate of drug-likeness (QED) is 0.650. The Morgan fingerprint density at radius 2 is 1.93 bits per heavy atom. The summed E-state index contributed by atoms with van der Waals surface area (Å²) >= 11 is 6.16. The van der Waals surface area contributed by atoms with E-state index in [1.165, 1.54) is 18.4 Å². The SMILES string of the molecule is Cc1nc(N[C@H](C)c2cccc(Cl)c2)c2cc(C3CCNCC3)ccc2n1. The molecule has 1 atom stereocenters. The van der Waals surface area contributed by atoms with Crippen molar-refractivity contribution >= 4 is 28.3 Å². The number of nitrogens with zero attached hydrogens (tertiary/aromatic N) is 2. The lowest BCUT2D eigenvalue weighted by molar-refractivity contribution is 0.460. The number of nitrogens with one attached hydrogen (secondary N) is 2. The molecule has 3 aromatic rings. The van der Waals surface area contributed by atoms with E-state index in [1.54, 1.807) is 0 Å². The highest BCUT2D eigenvalue weighted by Gasteiger charge is 2.17. The third kappa shape index (κ3) is 4.07. The molecule has 0 saturated carbocycles. The van der Waals surface area contributed by atoms with E-state index >= 15 is 0 Å². The van der Waals surface area contributed by atoms with Crippen LogP contribution in [0, 0.1) is 6.92 Å². The molecule has 0 bridgehead atoms. The first-order chi connectivity index (χ1) is 13.1. The van der Waals surface area contributed by atoms with Gasteiger partial charge in [0.05, 0.1) is 11.6 Å². The fourth-order valence-electron chi connectivity index (χ4n) is 3.85. The van der Waals surface area contributed by atoms with E-state index in [0.29, 0.717) is 5.92 Å². The standard InChI is InChI=1S/C22H25ClN4/c1-14(17-4-3-5-19(23)12-17)25-22-20-13-18(16-8-10-24-11-9-16)6-7-21(20)26-15(2)27-22/h3-7,12-14,16,24H,8-11H2,1-2H3,(H,25,26,27)/t14-/m1/s1. The largest absolute Gasteiger partial charge is 0.363 e. The van der Waals surface area contributed by atoms with Gasteiger partial charge < -0.3 is 10.6 Å². The van der Waals surface area contributed by atoms with Gasteiger partial charge in [-0.1, -0.05) is 29.8 Å². The fourth-order valence-corrected chi connectivity index (χ4v) is 4.04. The predicted octanol–water partition coefficient (Wildman–Crippen LogP) is 5.23. The van der Waals surface area contributed by atoms with E-state index in [2.05, 4.69) is 46.8 Å². The normalized spacial score (nSPS) is 16.4. The number of halogens is 1. The Morgan fingerprint density at radius 1 is 1.11 bits per heavy atom. The van der Waals surface area contributed by atoms with Crippen molar-refractivity contribution in [2.75, 3.05) is 18.4 Å². The monoisotopic (exact) mass is 380 g/mol. The number of anilines is 1. The van der Waals surface area contributed by atoms with Crippen molar-refractivity contribution in [3.05, 3.63) is 64.4 Å². The molecule has 1 aliphatic heterocycles. The lowest BCUT2D eigenvalue weighted by Gasteiger charge is -2.23. The van der Waals surface area contributed by atoms with E-state index in [9.17, 15) is 0 Å². The van der Waals surface area contributed by atoms with Gasteiger partial charge in [0.15, 0.2) is 0 Å². The number of piperidine rings is 1. The second-order valence-electron chi connectivity index (χ2n) is 7.34. The predicted molar refractivity (Wildman–Crippen MR) is 113 cm³/mol. The number of aromatic nitrogens is 2. The van der Waals surface area contributed by atoms with Crippen LogP contribution in [0.1, 0.15) is 48.7 Å². The third-order valence-corrected chi connectivity index (χ3v) is 5.58. The van der Waals surface area contributed by atoms with Crippen LogP contribution in [-0.2, 0) is 0 Å². The highest BCUT2D eigenvalue weighted by Crippen LogP contribution is 2.31. The van der Waals surface area contributed by atoms with Gasteiger partial charge in [-0.2, -0.15) is 0 Å². The lowest BCUT2D eigenvalue weighted by atomic mass is 9.89. The van der Waals surface area contributed by atoms with Gasteiger partial charge in [-0.15, -0.1) is 0 Å². The second-order valence-corrected chi connectivity index (χ2v) is 7.78. The summed E-state index contributed by atoms with van der Waals surface area (Å²) in [6, 6.07) is 14.7. The Hall–Kier alpha value is -2.17. The molecule has 27 heavy (non-hydrogen) atoms. The van der Waals surface area contributed by atoms with Gasteiger partial charge in [-0.25, -0.2) is 9.97 Å². The second kappa shape index (κ2) is 7.83. The van der Waals surface area contributed by atoms with E-state index in [-0.39, 0.29) is 6.04 Å². The maximum absolute atomic E-state index is 6.16. The van der Waals surface area contributed by atoms with E-state index < -0.39 is 0 Å². The van der Waals surface area contributed by atoms with Gasteiger partial charge >= 0.3 is 0 Å². The molecule has 0 amide bonds. The van der Waals surface area contributed by atoms with Crippen LogP contribution >= 0.6 is 11.6 Å². The smallest absolute Gasteiger partial charge is 0.138 e. The zero-order chi connectivity index (χ0) is 18.8. The average molecular weight is 381 g/mol. The first-order valence-electron chi connectivity index (χ1n) is 9.61. The summed E-state index contributed by atoms with van der Waals surface area (Å²) in [5.41, 5.74) is 3.51. The van der Waals surface area contributed by atoms with Crippen LogP contribution in [0.4, 0.5) is 5.82 Å². The molecule has 1 aliphatic rings. The lowest BCUT2D eigenvalue weighted by Crippen LogP contribution is -2.26. The number of benzene rings is 2. The minimum absolute atomic E-state index is 0.101. The molecule has 4 rings (SSSR count). The molecule has 0 spiro atoms. The number of hydrogen-bond acceptors (Lipinski definition) is 4. The molecule has 1 saturated heterocycles. The Morgan fingerprint density at radius 3 is 2.70 bits per heavy atom. The molecule has 2 heterocycles. The zero-order valence-electron chi connectivity index (χ0n) is 15.8. The van der Waals surface area contributed by atoms with Crippen molar-refractivity contribution in [3.63, 3.8) is 0 Å². The molecule has 4 nitrogen and oxygen atoms in total. The van der Waals surface area contributed by atoms with Crippen LogP contribution in [0.25, 0.3) is 10.9 Å². The van der Waals surface area contributed by atoms with Crippen LogP contribution in [0.15, 0.2) is 42.5 Å². The summed E-state index contributed by atoms with van der Waals surface area (Å²) in [4.78, 5) is 9.34. The summed E-state index contributed by atoms with van der Waals surface area (Å²) < 4.78 is 0. The molecule has 2 aromatic carbocycles. The minimum Gasteiger partial charge on any atom is -0.363 e. The van der Waals surface area contributed by atoms with Gasteiger partial charge in [0.2, 0.25) is 0 Å². The van der Waals surface area contributed by atoms with Crippen LogP contribution in [0.5, 0.6) is 0 Å². The van der Waals surface area contributed by atoms with Crippen LogP contribution in [0.3, 0.4) is 0 Å². The van der Waals surface area contributed by atoms with Crippen molar-refractivity contribution in [1.82, 2.24) is 15.3 Å². The third-order valence-electron chi connectivity index (χ3n) is 5.34. The highest BCUT2D eigenvalue weighted by molar-refractivity contribution is 6.30. The van der Waals surface area contributed by atoms with Gasteiger partial charge in [0, 0.05) is 10.4 Å².